The number of hydrogen-bond donors (Lipinski definition) is 2. The molecule has 2 unspecified atom stereocenters. The van der Waals surface area contributed by atoms with Gasteiger partial charge in [0, 0.05) is 13.1 Å². The van der Waals surface area contributed by atoms with E-state index < -0.39 is 11.6 Å². The molecule has 1 aliphatic rings. The van der Waals surface area contributed by atoms with E-state index in [0.29, 0.717) is 13.1 Å². The van der Waals surface area contributed by atoms with Gasteiger partial charge in [-0.05, 0) is 46.5 Å². The zero-order valence-corrected chi connectivity index (χ0v) is 11.8. The number of rotatable bonds is 6. The minimum atomic E-state index is -0.849. The molecule has 0 spiro atoms. The van der Waals surface area contributed by atoms with Gasteiger partial charge in [-0.25, -0.2) is 0 Å². The Kier molecular flexibility index (Phi) is 4.73. The van der Waals surface area contributed by atoms with Gasteiger partial charge >= 0.3 is 0 Å². The SMILES string of the molecule is CCN(CC)C(=O)C(C)NC(=O)C(C)(N)C1CC1. The molecule has 104 valence electrons. The van der Waals surface area contributed by atoms with E-state index in [1.165, 1.54) is 0 Å². The van der Waals surface area contributed by atoms with E-state index in [2.05, 4.69) is 5.32 Å². The van der Waals surface area contributed by atoms with E-state index in [1.54, 1.807) is 18.7 Å². The fraction of sp³-hybridized carbons (Fsp3) is 0.846. The molecule has 2 atom stereocenters. The van der Waals surface area contributed by atoms with Gasteiger partial charge in [-0.15, -0.1) is 0 Å². The van der Waals surface area contributed by atoms with Crippen molar-refractivity contribution in [1.29, 1.82) is 0 Å². The van der Waals surface area contributed by atoms with Gasteiger partial charge in [0.15, 0.2) is 0 Å². The smallest absolute Gasteiger partial charge is 0.244 e. The summed E-state index contributed by atoms with van der Waals surface area (Å²) in [4.78, 5) is 25.8. The van der Waals surface area contributed by atoms with Crippen LogP contribution in [-0.2, 0) is 9.59 Å². The van der Waals surface area contributed by atoms with E-state index in [0.717, 1.165) is 12.8 Å². The third-order valence-electron chi connectivity index (χ3n) is 3.71. The number of hydrogen-bond acceptors (Lipinski definition) is 3. The molecule has 3 N–H and O–H groups in total. The number of amides is 2. The molecule has 5 nitrogen and oxygen atoms in total. The van der Waals surface area contributed by atoms with E-state index in [4.69, 9.17) is 5.73 Å². The molecular formula is C13H25N3O2. The van der Waals surface area contributed by atoms with Gasteiger partial charge in [-0.2, -0.15) is 0 Å². The molecule has 0 aromatic heterocycles. The molecule has 1 rings (SSSR count). The minimum absolute atomic E-state index is 0.0556. The van der Waals surface area contributed by atoms with Crippen LogP contribution in [0.2, 0.25) is 0 Å². The summed E-state index contributed by atoms with van der Waals surface area (Å²) in [6.07, 6.45) is 2.00. The number of likely N-dealkylation sites (N-methyl/N-ethyl adjacent to an activating group) is 1. The topological polar surface area (TPSA) is 75.4 Å². The van der Waals surface area contributed by atoms with E-state index in [9.17, 15) is 9.59 Å². The van der Waals surface area contributed by atoms with Gasteiger partial charge in [-0.1, -0.05) is 0 Å². The summed E-state index contributed by atoms with van der Waals surface area (Å²) >= 11 is 0. The summed E-state index contributed by atoms with van der Waals surface area (Å²) in [5.74, 6) is -0.0220. The van der Waals surface area contributed by atoms with Crippen LogP contribution in [0.15, 0.2) is 0 Å². The van der Waals surface area contributed by atoms with Crippen LogP contribution in [0.25, 0.3) is 0 Å². The van der Waals surface area contributed by atoms with Gasteiger partial charge < -0.3 is 16.0 Å². The second-order valence-electron chi connectivity index (χ2n) is 5.26. The van der Waals surface area contributed by atoms with Crippen molar-refractivity contribution in [3.8, 4) is 0 Å². The van der Waals surface area contributed by atoms with Crippen molar-refractivity contribution in [1.82, 2.24) is 10.2 Å². The lowest BCUT2D eigenvalue weighted by Crippen LogP contribution is -2.58. The predicted octanol–water partition coefficient (Wildman–Crippen LogP) is 0.487. The first-order chi connectivity index (χ1) is 8.34. The van der Waals surface area contributed by atoms with Crippen molar-refractivity contribution in [2.45, 2.75) is 52.1 Å². The lowest BCUT2D eigenvalue weighted by molar-refractivity contribution is -0.137. The third-order valence-corrected chi connectivity index (χ3v) is 3.71. The van der Waals surface area contributed by atoms with Crippen molar-refractivity contribution in [2.24, 2.45) is 11.7 Å². The van der Waals surface area contributed by atoms with Crippen LogP contribution in [-0.4, -0.2) is 41.4 Å². The molecule has 5 heteroatoms. The lowest BCUT2D eigenvalue weighted by Gasteiger charge is -2.28. The number of carbonyl (C=O) groups excluding carboxylic acids is 2. The van der Waals surface area contributed by atoms with Gasteiger partial charge in [0.05, 0.1) is 5.54 Å². The summed E-state index contributed by atoms with van der Waals surface area (Å²) < 4.78 is 0. The first kappa shape index (κ1) is 15.0. The number of nitrogens with one attached hydrogen (secondary N) is 1. The van der Waals surface area contributed by atoms with Crippen molar-refractivity contribution in [2.75, 3.05) is 13.1 Å². The highest BCUT2D eigenvalue weighted by molar-refractivity contribution is 5.92. The molecule has 1 aliphatic carbocycles. The second kappa shape index (κ2) is 5.69. The highest BCUT2D eigenvalue weighted by Crippen LogP contribution is 2.38. The van der Waals surface area contributed by atoms with Crippen LogP contribution < -0.4 is 11.1 Å². The Hall–Kier alpha value is -1.10. The van der Waals surface area contributed by atoms with Gasteiger partial charge in [0.1, 0.15) is 6.04 Å². The Labute approximate surface area is 109 Å². The van der Waals surface area contributed by atoms with Gasteiger partial charge in [-0.3, -0.25) is 9.59 Å². The standard InChI is InChI=1S/C13H25N3O2/c1-5-16(6-2)11(17)9(3)15-12(18)13(4,14)10-7-8-10/h9-10H,5-8,14H2,1-4H3,(H,15,18). The molecule has 0 aliphatic heterocycles. The molecule has 0 bridgehead atoms. The fourth-order valence-corrected chi connectivity index (χ4v) is 2.09. The zero-order valence-electron chi connectivity index (χ0n) is 11.8. The Morgan fingerprint density at radius 3 is 2.28 bits per heavy atom. The van der Waals surface area contributed by atoms with Crippen molar-refractivity contribution in [3.63, 3.8) is 0 Å². The normalized spacial score (nSPS) is 19.8. The van der Waals surface area contributed by atoms with Gasteiger partial charge in [0.2, 0.25) is 11.8 Å². The van der Waals surface area contributed by atoms with E-state index >= 15 is 0 Å². The summed E-state index contributed by atoms with van der Waals surface area (Å²) in [6.45, 7) is 8.60. The Balaban J connectivity index is 2.56. The van der Waals surface area contributed by atoms with Gasteiger partial charge in [0.25, 0.3) is 0 Å². The highest BCUT2D eigenvalue weighted by Gasteiger charge is 2.44. The molecule has 1 saturated carbocycles. The maximum absolute atomic E-state index is 12.1. The minimum Gasteiger partial charge on any atom is -0.343 e. The average molecular weight is 255 g/mol. The molecule has 18 heavy (non-hydrogen) atoms. The number of carbonyl (C=O) groups is 2. The van der Waals surface area contributed by atoms with Crippen LogP contribution in [0.3, 0.4) is 0 Å². The average Bonchev–Trinajstić information content (AvgIpc) is 3.14. The second-order valence-corrected chi connectivity index (χ2v) is 5.26. The van der Waals surface area contributed by atoms with E-state index in [-0.39, 0.29) is 17.7 Å². The summed E-state index contributed by atoms with van der Waals surface area (Å²) in [6, 6.07) is -0.515. The summed E-state index contributed by atoms with van der Waals surface area (Å²) in [5, 5.41) is 2.74. The predicted molar refractivity (Wildman–Crippen MR) is 70.8 cm³/mol. The molecule has 2 amide bonds. The lowest BCUT2D eigenvalue weighted by atomic mass is 9.96. The number of nitrogens with two attached hydrogens (primary N) is 1. The van der Waals surface area contributed by atoms with Crippen molar-refractivity contribution in [3.05, 3.63) is 0 Å². The zero-order chi connectivity index (χ0) is 13.9. The molecule has 1 fully saturated rings. The summed E-state index contributed by atoms with van der Waals surface area (Å²) in [7, 11) is 0. The molecular weight excluding hydrogens is 230 g/mol. The molecule has 0 aromatic carbocycles. The van der Waals surface area contributed by atoms with E-state index in [1.807, 2.05) is 13.8 Å². The monoisotopic (exact) mass is 255 g/mol. The fourth-order valence-electron chi connectivity index (χ4n) is 2.09. The molecule has 0 aromatic rings. The maximum Gasteiger partial charge on any atom is 0.244 e. The van der Waals surface area contributed by atoms with Crippen LogP contribution in [0.1, 0.15) is 40.5 Å². The van der Waals surface area contributed by atoms with Crippen LogP contribution >= 0.6 is 0 Å². The largest absolute Gasteiger partial charge is 0.343 e. The molecule has 0 radical (unpaired) electrons. The van der Waals surface area contributed by atoms with Crippen LogP contribution in [0.4, 0.5) is 0 Å². The Morgan fingerprint density at radius 1 is 1.39 bits per heavy atom. The quantitative estimate of drug-likeness (QED) is 0.725. The Bertz CT molecular complexity index is 320. The van der Waals surface area contributed by atoms with Crippen molar-refractivity contribution >= 4 is 11.8 Å². The first-order valence-electron chi connectivity index (χ1n) is 6.73. The maximum atomic E-state index is 12.1. The van der Waals surface area contributed by atoms with Crippen molar-refractivity contribution < 1.29 is 9.59 Å². The third kappa shape index (κ3) is 3.22. The Morgan fingerprint density at radius 2 is 1.89 bits per heavy atom. The molecule has 0 heterocycles. The van der Waals surface area contributed by atoms with Crippen LogP contribution in [0, 0.1) is 5.92 Å². The highest BCUT2D eigenvalue weighted by atomic mass is 16.2. The van der Waals surface area contributed by atoms with Crippen LogP contribution in [0.5, 0.6) is 0 Å². The first-order valence-corrected chi connectivity index (χ1v) is 6.73. The number of nitrogens with zero attached hydrogens (tertiary/aromatic N) is 1. The molecule has 0 saturated heterocycles. The summed E-state index contributed by atoms with van der Waals surface area (Å²) in [5.41, 5.74) is 5.17.